The molecule has 154 valence electrons. The summed E-state index contributed by atoms with van der Waals surface area (Å²) in [5, 5.41) is 28.5. The van der Waals surface area contributed by atoms with Crippen molar-refractivity contribution >= 4 is 5.97 Å². The molecule has 2 atom stereocenters. The standard InChI is InChI=1S/C22H42O4/c1-2-3-4-5-6-9-12-15-20(23)18-19-21(24)16-13-10-7-8-11-14-17-22(25)26/h9,12,20-21,23-24H,2-8,10-11,13-19H2,1H3,(H,25,26). The van der Waals surface area contributed by atoms with Gasteiger partial charge in [0.05, 0.1) is 12.2 Å². The van der Waals surface area contributed by atoms with Crippen LogP contribution in [-0.4, -0.2) is 33.5 Å². The maximum absolute atomic E-state index is 10.4. The van der Waals surface area contributed by atoms with Crippen molar-refractivity contribution in [2.75, 3.05) is 0 Å². The number of unbranched alkanes of at least 4 members (excludes halogenated alkanes) is 9. The van der Waals surface area contributed by atoms with Crippen molar-refractivity contribution in [3.63, 3.8) is 0 Å². The van der Waals surface area contributed by atoms with E-state index in [1.54, 1.807) is 0 Å². The van der Waals surface area contributed by atoms with Gasteiger partial charge in [-0.15, -0.1) is 0 Å². The van der Waals surface area contributed by atoms with Gasteiger partial charge in [0.2, 0.25) is 0 Å². The van der Waals surface area contributed by atoms with Gasteiger partial charge >= 0.3 is 5.97 Å². The van der Waals surface area contributed by atoms with Crippen molar-refractivity contribution in [1.82, 2.24) is 0 Å². The van der Waals surface area contributed by atoms with Crippen LogP contribution in [0.4, 0.5) is 0 Å². The fourth-order valence-corrected chi connectivity index (χ4v) is 3.07. The normalized spacial score (nSPS) is 14.0. The van der Waals surface area contributed by atoms with E-state index in [0.717, 1.165) is 51.4 Å². The van der Waals surface area contributed by atoms with Gasteiger partial charge in [0.15, 0.2) is 0 Å². The highest BCUT2D eigenvalue weighted by atomic mass is 16.4. The lowest BCUT2D eigenvalue weighted by atomic mass is 10.0. The number of carboxylic acid groups (broad SMARTS) is 1. The molecule has 3 N–H and O–H groups in total. The molecule has 0 aromatic heterocycles. The topological polar surface area (TPSA) is 77.8 Å². The highest BCUT2D eigenvalue weighted by Gasteiger charge is 2.08. The number of allylic oxidation sites excluding steroid dienone is 1. The Balaban J connectivity index is 3.42. The predicted molar refractivity (Wildman–Crippen MR) is 108 cm³/mol. The third-order valence-corrected chi connectivity index (χ3v) is 4.81. The molecule has 0 aromatic rings. The Bertz CT molecular complexity index is 341. The Morgan fingerprint density at radius 1 is 0.769 bits per heavy atom. The smallest absolute Gasteiger partial charge is 0.303 e. The highest BCUT2D eigenvalue weighted by molar-refractivity contribution is 5.66. The minimum absolute atomic E-state index is 0.273. The molecule has 0 aliphatic heterocycles. The van der Waals surface area contributed by atoms with Gasteiger partial charge < -0.3 is 15.3 Å². The van der Waals surface area contributed by atoms with E-state index in [2.05, 4.69) is 19.1 Å². The molecule has 4 heteroatoms. The average molecular weight is 371 g/mol. The van der Waals surface area contributed by atoms with Crippen molar-refractivity contribution in [3.05, 3.63) is 12.2 Å². The van der Waals surface area contributed by atoms with Gasteiger partial charge in [0, 0.05) is 6.42 Å². The number of rotatable bonds is 19. The lowest BCUT2D eigenvalue weighted by Gasteiger charge is -2.13. The monoisotopic (exact) mass is 370 g/mol. The third kappa shape index (κ3) is 19.5. The molecule has 0 aliphatic carbocycles. The van der Waals surface area contributed by atoms with Crippen LogP contribution >= 0.6 is 0 Å². The van der Waals surface area contributed by atoms with Gasteiger partial charge in [-0.25, -0.2) is 0 Å². The maximum atomic E-state index is 10.4. The molecule has 0 saturated heterocycles. The SMILES string of the molecule is CCCCCCC=CCC(O)CCC(O)CCCCCCCCC(=O)O. The lowest BCUT2D eigenvalue weighted by Crippen LogP contribution is -2.12. The summed E-state index contributed by atoms with van der Waals surface area (Å²) in [5.41, 5.74) is 0. The number of aliphatic hydroxyl groups excluding tert-OH is 2. The summed E-state index contributed by atoms with van der Waals surface area (Å²) < 4.78 is 0. The Hall–Kier alpha value is -0.870. The second-order valence-corrected chi connectivity index (χ2v) is 7.50. The first-order valence-electron chi connectivity index (χ1n) is 10.8. The zero-order valence-corrected chi connectivity index (χ0v) is 16.9. The summed E-state index contributed by atoms with van der Waals surface area (Å²) in [6.07, 6.45) is 18.9. The predicted octanol–water partition coefficient (Wildman–Crippen LogP) is 5.61. The second-order valence-electron chi connectivity index (χ2n) is 7.50. The number of aliphatic hydroxyl groups is 2. The van der Waals surface area contributed by atoms with Crippen molar-refractivity contribution in [1.29, 1.82) is 0 Å². The molecule has 0 amide bonds. The zero-order valence-electron chi connectivity index (χ0n) is 16.9. The first kappa shape index (κ1) is 25.1. The van der Waals surface area contributed by atoms with Crippen LogP contribution < -0.4 is 0 Å². The quantitative estimate of drug-likeness (QED) is 0.204. The summed E-state index contributed by atoms with van der Waals surface area (Å²) in [4.78, 5) is 10.4. The van der Waals surface area contributed by atoms with Gasteiger partial charge in [0.1, 0.15) is 0 Å². The van der Waals surface area contributed by atoms with Crippen molar-refractivity contribution < 1.29 is 20.1 Å². The van der Waals surface area contributed by atoms with Crippen LogP contribution in [0.2, 0.25) is 0 Å². The van der Waals surface area contributed by atoms with Crippen LogP contribution in [0.3, 0.4) is 0 Å². The van der Waals surface area contributed by atoms with E-state index in [9.17, 15) is 15.0 Å². The molecule has 0 saturated carbocycles. The lowest BCUT2D eigenvalue weighted by molar-refractivity contribution is -0.137. The number of aliphatic carboxylic acids is 1. The molecule has 0 spiro atoms. The molecule has 0 rings (SSSR count). The van der Waals surface area contributed by atoms with E-state index in [0.29, 0.717) is 19.3 Å². The molecule has 4 nitrogen and oxygen atoms in total. The Morgan fingerprint density at radius 3 is 2.08 bits per heavy atom. The zero-order chi connectivity index (χ0) is 19.5. The van der Waals surface area contributed by atoms with Crippen LogP contribution in [-0.2, 0) is 4.79 Å². The molecular weight excluding hydrogens is 328 g/mol. The summed E-state index contributed by atoms with van der Waals surface area (Å²) in [7, 11) is 0. The van der Waals surface area contributed by atoms with E-state index in [1.165, 1.54) is 25.7 Å². The summed E-state index contributed by atoms with van der Waals surface area (Å²) in [6.45, 7) is 2.21. The Labute approximate surface area is 160 Å². The summed E-state index contributed by atoms with van der Waals surface area (Å²) in [5.74, 6) is -0.710. The molecule has 0 aliphatic rings. The number of carboxylic acids is 1. The van der Waals surface area contributed by atoms with Crippen molar-refractivity contribution in [2.24, 2.45) is 0 Å². The number of hydrogen-bond donors (Lipinski definition) is 3. The summed E-state index contributed by atoms with van der Waals surface area (Å²) in [6, 6.07) is 0. The minimum atomic E-state index is -0.710. The fourth-order valence-electron chi connectivity index (χ4n) is 3.07. The molecule has 0 aromatic carbocycles. The van der Waals surface area contributed by atoms with Gasteiger partial charge in [-0.2, -0.15) is 0 Å². The average Bonchev–Trinajstić information content (AvgIpc) is 2.61. The van der Waals surface area contributed by atoms with Gasteiger partial charge in [-0.3, -0.25) is 4.79 Å². The van der Waals surface area contributed by atoms with Crippen LogP contribution in [0.15, 0.2) is 12.2 Å². The van der Waals surface area contributed by atoms with Gasteiger partial charge in [-0.1, -0.05) is 70.4 Å². The van der Waals surface area contributed by atoms with Gasteiger partial charge in [-0.05, 0) is 44.9 Å². The van der Waals surface area contributed by atoms with Gasteiger partial charge in [0.25, 0.3) is 0 Å². The second kappa shape index (κ2) is 18.9. The Morgan fingerprint density at radius 2 is 1.38 bits per heavy atom. The maximum Gasteiger partial charge on any atom is 0.303 e. The molecule has 0 fully saturated rings. The Kier molecular flexibility index (Phi) is 18.3. The molecule has 0 bridgehead atoms. The van der Waals surface area contributed by atoms with Crippen LogP contribution in [0.5, 0.6) is 0 Å². The molecule has 2 unspecified atom stereocenters. The van der Waals surface area contributed by atoms with E-state index < -0.39 is 5.97 Å². The fraction of sp³-hybridized carbons (Fsp3) is 0.864. The van der Waals surface area contributed by atoms with Crippen LogP contribution in [0, 0.1) is 0 Å². The molecule has 0 heterocycles. The minimum Gasteiger partial charge on any atom is -0.481 e. The first-order valence-corrected chi connectivity index (χ1v) is 10.8. The van der Waals surface area contributed by atoms with E-state index >= 15 is 0 Å². The third-order valence-electron chi connectivity index (χ3n) is 4.81. The van der Waals surface area contributed by atoms with Crippen molar-refractivity contribution in [3.8, 4) is 0 Å². The van der Waals surface area contributed by atoms with E-state index in [-0.39, 0.29) is 18.6 Å². The number of carbonyl (C=O) groups is 1. The van der Waals surface area contributed by atoms with E-state index in [4.69, 9.17) is 5.11 Å². The first-order chi connectivity index (χ1) is 12.6. The largest absolute Gasteiger partial charge is 0.481 e. The van der Waals surface area contributed by atoms with Crippen LogP contribution in [0.25, 0.3) is 0 Å². The highest BCUT2D eigenvalue weighted by Crippen LogP contribution is 2.14. The molecule has 0 radical (unpaired) electrons. The van der Waals surface area contributed by atoms with Crippen molar-refractivity contribution in [2.45, 2.75) is 122 Å². The summed E-state index contributed by atoms with van der Waals surface area (Å²) >= 11 is 0. The van der Waals surface area contributed by atoms with Crippen LogP contribution in [0.1, 0.15) is 110 Å². The molecular formula is C22H42O4. The molecule has 26 heavy (non-hydrogen) atoms. The van der Waals surface area contributed by atoms with E-state index in [1.807, 2.05) is 0 Å². The number of hydrogen-bond acceptors (Lipinski definition) is 3.